The molecule has 0 amide bonds. The minimum atomic E-state index is -1.43. The molecule has 0 saturated carbocycles. The molecule has 2 aliphatic heterocycles. The van der Waals surface area contributed by atoms with Gasteiger partial charge in [0, 0.05) is 16.5 Å². The van der Waals surface area contributed by atoms with Gasteiger partial charge in [-0.25, -0.2) is 9.78 Å². The number of aliphatic hydroxyl groups excluding tert-OH is 1. The minimum Gasteiger partial charge on any atom is -0.455 e. The minimum absolute atomic E-state index is 0.224. The normalized spacial score (nSPS) is 20.5. The van der Waals surface area contributed by atoms with Gasteiger partial charge in [0.1, 0.15) is 6.10 Å². The van der Waals surface area contributed by atoms with Crippen LogP contribution in [-0.2, 0) is 16.1 Å². The number of ether oxygens (including phenoxy) is 1. The van der Waals surface area contributed by atoms with Crippen LogP contribution in [0, 0.1) is 0 Å². The number of fused-ring (bicyclic) bond motifs is 5. The van der Waals surface area contributed by atoms with Crippen molar-refractivity contribution in [3.8, 4) is 11.4 Å². The van der Waals surface area contributed by atoms with Crippen LogP contribution in [0.2, 0.25) is 0 Å². The van der Waals surface area contributed by atoms with Crippen molar-refractivity contribution < 1.29 is 14.6 Å². The van der Waals surface area contributed by atoms with Gasteiger partial charge in [0.15, 0.2) is 6.10 Å². The smallest absolute Gasteiger partial charge is 0.340 e. The van der Waals surface area contributed by atoms with Gasteiger partial charge in [0.2, 0.25) is 0 Å². The molecule has 6 heteroatoms. The highest BCUT2D eigenvalue weighted by molar-refractivity contribution is 5.85. The van der Waals surface area contributed by atoms with Gasteiger partial charge < -0.3 is 14.4 Å². The Balaban J connectivity index is 1.80. The lowest BCUT2D eigenvalue weighted by molar-refractivity contribution is -0.163. The Morgan fingerprint density at radius 2 is 2.08 bits per heavy atom. The van der Waals surface area contributed by atoms with E-state index in [1.165, 1.54) is 0 Å². The molecule has 3 aromatic rings. The second kappa shape index (κ2) is 5.25. The molecule has 1 N–H and O–H groups in total. The Morgan fingerprint density at radius 1 is 1.27 bits per heavy atom. The largest absolute Gasteiger partial charge is 0.455 e. The van der Waals surface area contributed by atoms with Gasteiger partial charge in [-0.1, -0.05) is 25.1 Å². The number of cyclic esters (lactones) is 1. The van der Waals surface area contributed by atoms with Crippen LogP contribution in [0.5, 0.6) is 0 Å². The van der Waals surface area contributed by atoms with Crippen molar-refractivity contribution in [3.05, 3.63) is 63.4 Å². The maximum absolute atomic E-state index is 13.1. The molecule has 0 bridgehead atoms. The van der Waals surface area contributed by atoms with Crippen LogP contribution < -0.4 is 5.56 Å². The van der Waals surface area contributed by atoms with Crippen LogP contribution >= 0.6 is 0 Å². The summed E-state index contributed by atoms with van der Waals surface area (Å²) >= 11 is 0. The number of hydrogen-bond donors (Lipinski definition) is 1. The van der Waals surface area contributed by atoms with E-state index in [-0.39, 0.29) is 5.56 Å². The maximum Gasteiger partial charge on any atom is 0.340 e. The molecule has 1 unspecified atom stereocenters. The first-order valence-electron chi connectivity index (χ1n) is 8.63. The fourth-order valence-electron chi connectivity index (χ4n) is 3.93. The van der Waals surface area contributed by atoms with E-state index >= 15 is 0 Å². The van der Waals surface area contributed by atoms with Crippen LogP contribution in [0.1, 0.15) is 42.2 Å². The summed E-state index contributed by atoms with van der Waals surface area (Å²) in [6, 6.07) is 11.5. The Bertz CT molecular complexity index is 1150. The molecule has 5 rings (SSSR count). The van der Waals surface area contributed by atoms with Crippen LogP contribution in [0.4, 0.5) is 0 Å². The Labute approximate surface area is 148 Å². The molecule has 0 fully saturated rings. The number of hydrogen-bond acceptors (Lipinski definition) is 5. The van der Waals surface area contributed by atoms with E-state index in [9.17, 15) is 14.7 Å². The summed E-state index contributed by atoms with van der Waals surface area (Å²) < 4.78 is 6.89. The molecular weight excluding hydrogens is 332 g/mol. The van der Waals surface area contributed by atoms with Crippen molar-refractivity contribution in [3.63, 3.8) is 0 Å². The first kappa shape index (κ1) is 15.3. The fraction of sp³-hybridized carbons (Fsp3) is 0.250. The molecule has 1 aromatic carbocycles. The lowest BCUT2D eigenvalue weighted by Gasteiger charge is -2.28. The highest BCUT2D eigenvalue weighted by atomic mass is 16.6. The number of rotatable bonds is 1. The predicted molar refractivity (Wildman–Crippen MR) is 94.6 cm³/mol. The molecule has 2 aliphatic rings. The Morgan fingerprint density at radius 3 is 2.88 bits per heavy atom. The summed E-state index contributed by atoms with van der Waals surface area (Å²) in [6.45, 7) is 2.27. The zero-order valence-corrected chi connectivity index (χ0v) is 14.1. The topological polar surface area (TPSA) is 81.4 Å². The van der Waals surface area contributed by atoms with Gasteiger partial charge in [0.05, 0.1) is 29.0 Å². The molecule has 4 heterocycles. The number of carbonyl (C=O) groups is 1. The number of nitrogens with zero attached hydrogens (tertiary/aromatic N) is 2. The third-order valence-electron chi connectivity index (χ3n) is 5.21. The molecule has 2 atom stereocenters. The lowest BCUT2D eigenvalue weighted by Crippen LogP contribution is -2.35. The molecule has 6 nitrogen and oxygen atoms in total. The number of para-hydroxylation sites is 1. The van der Waals surface area contributed by atoms with E-state index in [4.69, 9.17) is 9.72 Å². The van der Waals surface area contributed by atoms with Crippen molar-refractivity contribution in [1.82, 2.24) is 9.55 Å². The number of aliphatic hydroxyl groups is 1. The quantitative estimate of drug-likeness (QED) is 0.535. The number of benzene rings is 1. The van der Waals surface area contributed by atoms with E-state index in [1.54, 1.807) is 10.6 Å². The van der Waals surface area contributed by atoms with Crippen LogP contribution in [0.25, 0.3) is 22.3 Å². The van der Waals surface area contributed by atoms with Crippen LogP contribution in [0.3, 0.4) is 0 Å². The van der Waals surface area contributed by atoms with Crippen molar-refractivity contribution in [2.24, 2.45) is 0 Å². The van der Waals surface area contributed by atoms with E-state index in [0.29, 0.717) is 29.8 Å². The third kappa shape index (κ3) is 1.93. The van der Waals surface area contributed by atoms with Crippen molar-refractivity contribution >= 4 is 16.9 Å². The summed E-state index contributed by atoms with van der Waals surface area (Å²) in [5.41, 5.74) is 3.65. The van der Waals surface area contributed by atoms with E-state index in [1.807, 2.05) is 37.3 Å². The van der Waals surface area contributed by atoms with Crippen molar-refractivity contribution in [2.75, 3.05) is 0 Å². The van der Waals surface area contributed by atoms with Crippen LogP contribution in [-0.4, -0.2) is 20.6 Å². The molecule has 0 aliphatic carbocycles. The highest BCUT2D eigenvalue weighted by Crippen LogP contribution is 2.38. The fourth-order valence-corrected chi connectivity index (χ4v) is 3.93. The highest BCUT2D eigenvalue weighted by Gasteiger charge is 2.38. The monoisotopic (exact) mass is 348 g/mol. The zero-order chi connectivity index (χ0) is 18.0. The Kier molecular flexibility index (Phi) is 3.09. The molecule has 0 spiro atoms. The van der Waals surface area contributed by atoms with Crippen LogP contribution in [0.15, 0.2) is 41.2 Å². The summed E-state index contributed by atoms with van der Waals surface area (Å²) in [5.74, 6) is -0.710. The van der Waals surface area contributed by atoms with Gasteiger partial charge >= 0.3 is 5.97 Å². The molecule has 130 valence electrons. The second-order valence-corrected chi connectivity index (χ2v) is 6.72. The first-order chi connectivity index (χ1) is 12.6. The van der Waals surface area contributed by atoms with Gasteiger partial charge in [0.25, 0.3) is 5.56 Å². The average molecular weight is 348 g/mol. The lowest BCUT2D eigenvalue weighted by atomic mass is 9.94. The number of carbonyl (C=O) groups excluding carboxylic acids is 1. The molecule has 0 radical (unpaired) electrons. The van der Waals surface area contributed by atoms with Gasteiger partial charge in [-0.3, -0.25) is 4.79 Å². The maximum atomic E-state index is 13.1. The summed E-state index contributed by atoms with van der Waals surface area (Å²) in [7, 11) is 0. The number of aromatic nitrogens is 2. The van der Waals surface area contributed by atoms with E-state index < -0.39 is 18.2 Å². The van der Waals surface area contributed by atoms with Crippen molar-refractivity contribution in [1.29, 1.82) is 0 Å². The summed E-state index contributed by atoms with van der Waals surface area (Å²) in [6.07, 6.45) is -1.58. The number of esters is 1. The average Bonchev–Trinajstić information content (AvgIpc) is 3.01. The summed E-state index contributed by atoms with van der Waals surface area (Å²) in [5, 5.41) is 11.3. The standard InChI is InChI=1S/C20H16N2O4/c1-2-15-16-12(18(23)20(25)26-15)8-14-17-11(9-22(14)19(16)24)7-10-5-3-4-6-13(10)21-17/h3-8,15,18,23H,2,9H2,1H3/t15-,18?/m0/s1. The SMILES string of the molecule is CC[C@@H]1OC(=O)C(O)c2cc3n(c(=O)c21)Cc1cc2ccccc2nc1-3. The first-order valence-corrected chi connectivity index (χ1v) is 8.63. The molecule has 26 heavy (non-hydrogen) atoms. The van der Waals surface area contributed by atoms with Gasteiger partial charge in [-0.15, -0.1) is 0 Å². The predicted octanol–water partition coefficient (Wildman–Crippen LogP) is 2.47. The molecule has 2 aromatic heterocycles. The number of pyridine rings is 2. The Hall–Kier alpha value is -2.99. The molecular formula is C20H16N2O4. The van der Waals surface area contributed by atoms with Crippen molar-refractivity contribution in [2.45, 2.75) is 32.1 Å². The molecule has 0 saturated heterocycles. The second-order valence-electron chi connectivity index (χ2n) is 6.72. The van der Waals surface area contributed by atoms with E-state index in [2.05, 4.69) is 0 Å². The van der Waals surface area contributed by atoms with Gasteiger partial charge in [-0.2, -0.15) is 0 Å². The summed E-state index contributed by atoms with van der Waals surface area (Å²) in [4.78, 5) is 29.8. The van der Waals surface area contributed by atoms with Gasteiger partial charge in [-0.05, 0) is 24.6 Å². The zero-order valence-electron chi connectivity index (χ0n) is 14.1. The third-order valence-corrected chi connectivity index (χ3v) is 5.21. The van der Waals surface area contributed by atoms with E-state index in [0.717, 1.165) is 22.2 Å².